The third kappa shape index (κ3) is 4.81. The Bertz CT molecular complexity index is 1240. The molecule has 4 aromatic rings. The molecule has 1 N–H and O–H groups in total. The lowest BCUT2D eigenvalue weighted by Gasteiger charge is -2.11. The van der Waals surface area contributed by atoms with Crippen molar-refractivity contribution in [2.24, 2.45) is 0 Å². The summed E-state index contributed by atoms with van der Waals surface area (Å²) in [4.78, 5) is 12.5. The molecule has 1 amide bonds. The van der Waals surface area contributed by atoms with Crippen LogP contribution in [0.3, 0.4) is 0 Å². The lowest BCUT2D eigenvalue weighted by atomic mass is 10.2. The van der Waals surface area contributed by atoms with Gasteiger partial charge in [0.05, 0.1) is 18.4 Å². The fourth-order valence-electron chi connectivity index (χ4n) is 3.14. The number of methoxy groups -OCH3 is 1. The van der Waals surface area contributed by atoms with Crippen molar-refractivity contribution in [1.29, 1.82) is 0 Å². The number of nitrogens with zero attached hydrogens (tertiary/aromatic N) is 3. The molecule has 32 heavy (non-hydrogen) atoms. The Morgan fingerprint density at radius 1 is 1.06 bits per heavy atom. The maximum absolute atomic E-state index is 14.5. The summed E-state index contributed by atoms with van der Waals surface area (Å²) in [5, 5.41) is 11.8. The lowest BCUT2D eigenvalue weighted by molar-refractivity contribution is -0.113. The number of hydrogen-bond donors (Lipinski definition) is 1. The highest BCUT2D eigenvalue weighted by Gasteiger charge is 2.19. The number of carbonyl (C=O) groups excluding carboxylic acids is 1. The molecule has 0 aliphatic rings. The number of ether oxygens (including phenoxy) is 1. The van der Waals surface area contributed by atoms with Gasteiger partial charge in [0.15, 0.2) is 11.0 Å². The molecule has 1 heterocycles. The van der Waals surface area contributed by atoms with Crippen molar-refractivity contribution < 1.29 is 13.9 Å². The highest BCUT2D eigenvalue weighted by Crippen LogP contribution is 2.29. The van der Waals surface area contributed by atoms with Gasteiger partial charge in [0, 0.05) is 17.4 Å². The van der Waals surface area contributed by atoms with Crippen LogP contribution >= 0.6 is 11.8 Å². The van der Waals surface area contributed by atoms with Crippen LogP contribution in [0.2, 0.25) is 0 Å². The van der Waals surface area contributed by atoms with E-state index in [1.165, 1.54) is 17.8 Å². The molecule has 0 unspecified atom stereocenters. The SMILES string of the molecule is COc1cccc(NC(=O)CSc2nnc(-c3ccccc3F)n2-c2ccc(C)cc2)c1. The van der Waals surface area contributed by atoms with Gasteiger partial charge in [-0.2, -0.15) is 0 Å². The molecule has 0 fully saturated rings. The minimum Gasteiger partial charge on any atom is -0.497 e. The number of thioether (sulfide) groups is 1. The van der Waals surface area contributed by atoms with Crippen molar-refractivity contribution in [3.8, 4) is 22.8 Å². The molecule has 0 atom stereocenters. The quantitative estimate of drug-likeness (QED) is 0.398. The largest absolute Gasteiger partial charge is 0.497 e. The molecular weight excluding hydrogens is 427 g/mol. The Labute approximate surface area is 189 Å². The summed E-state index contributed by atoms with van der Waals surface area (Å²) < 4.78 is 21.5. The number of aryl methyl sites for hydroxylation is 1. The van der Waals surface area contributed by atoms with Gasteiger partial charge < -0.3 is 10.1 Å². The zero-order chi connectivity index (χ0) is 22.5. The second-order valence-electron chi connectivity index (χ2n) is 7.03. The van der Waals surface area contributed by atoms with Crippen molar-refractivity contribution in [3.05, 3.63) is 84.2 Å². The van der Waals surface area contributed by atoms with Crippen LogP contribution < -0.4 is 10.1 Å². The molecule has 0 bridgehead atoms. The molecule has 0 aliphatic carbocycles. The molecule has 0 saturated heterocycles. The molecule has 0 aliphatic heterocycles. The molecular formula is C24H21FN4O2S. The monoisotopic (exact) mass is 448 g/mol. The first-order valence-electron chi connectivity index (χ1n) is 9.89. The number of aromatic nitrogens is 3. The third-order valence-corrected chi connectivity index (χ3v) is 5.66. The van der Waals surface area contributed by atoms with Gasteiger partial charge in [-0.1, -0.05) is 47.7 Å². The first kappa shape index (κ1) is 21.6. The van der Waals surface area contributed by atoms with Crippen molar-refractivity contribution in [2.45, 2.75) is 12.1 Å². The van der Waals surface area contributed by atoms with E-state index in [0.29, 0.717) is 28.0 Å². The summed E-state index contributed by atoms with van der Waals surface area (Å²) >= 11 is 1.23. The van der Waals surface area contributed by atoms with E-state index in [1.807, 2.05) is 31.2 Å². The summed E-state index contributed by atoms with van der Waals surface area (Å²) in [6.45, 7) is 1.99. The van der Waals surface area contributed by atoms with Gasteiger partial charge in [-0.25, -0.2) is 4.39 Å². The van der Waals surface area contributed by atoms with Gasteiger partial charge in [-0.3, -0.25) is 9.36 Å². The van der Waals surface area contributed by atoms with Crippen LogP contribution in [0.4, 0.5) is 10.1 Å². The number of rotatable bonds is 7. The molecule has 0 spiro atoms. The number of nitrogens with one attached hydrogen (secondary N) is 1. The average molecular weight is 449 g/mol. The molecule has 4 rings (SSSR count). The van der Waals surface area contributed by atoms with Gasteiger partial charge >= 0.3 is 0 Å². The van der Waals surface area contributed by atoms with Crippen LogP contribution in [0.5, 0.6) is 5.75 Å². The van der Waals surface area contributed by atoms with E-state index in [2.05, 4.69) is 15.5 Å². The maximum Gasteiger partial charge on any atom is 0.234 e. The average Bonchev–Trinajstić information content (AvgIpc) is 3.22. The molecule has 8 heteroatoms. The molecule has 6 nitrogen and oxygen atoms in total. The van der Waals surface area contributed by atoms with Crippen LogP contribution in [-0.2, 0) is 4.79 Å². The van der Waals surface area contributed by atoms with Crippen molar-refractivity contribution >= 4 is 23.4 Å². The van der Waals surface area contributed by atoms with Crippen LogP contribution in [0.1, 0.15) is 5.56 Å². The molecule has 0 saturated carbocycles. The van der Waals surface area contributed by atoms with E-state index >= 15 is 0 Å². The highest BCUT2D eigenvalue weighted by molar-refractivity contribution is 7.99. The normalized spacial score (nSPS) is 10.7. The van der Waals surface area contributed by atoms with Gasteiger partial charge in [-0.15, -0.1) is 10.2 Å². The first-order valence-corrected chi connectivity index (χ1v) is 10.9. The first-order chi connectivity index (χ1) is 15.5. The zero-order valence-corrected chi connectivity index (χ0v) is 18.4. The lowest BCUT2D eigenvalue weighted by Crippen LogP contribution is -2.14. The summed E-state index contributed by atoms with van der Waals surface area (Å²) in [5.74, 6) is 0.555. The van der Waals surface area contributed by atoms with Crippen molar-refractivity contribution in [1.82, 2.24) is 14.8 Å². The van der Waals surface area contributed by atoms with Crippen molar-refractivity contribution in [3.63, 3.8) is 0 Å². The molecule has 1 aromatic heterocycles. The van der Waals surface area contributed by atoms with E-state index in [4.69, 9.17) is 4.74 Å². The molecule has 3 aromatic carbocycles. The van der Waals surface area contributed by atoms with E-state index < -0.39 is 0 Å². The maximum atomic E-state index is 14.5. The Hall–Kier alpha value is -3.65. The number of hydrogen-bond acceptors (Lipinski definition) is 5. The Kier molecular flexibility index (Phi) is 6.51. The third-order valence-electron chi connectivity index (χ3n) is 4.73. The molecule has 0 radical (unpaired) electrons. The minimum absolute atomic E-state index is 0.110. The fourth-order valence-corrected chi connectivity index (χ4v) is 3.89. The number of anilines is 1. The fraction of sp³-hybridized carbons (Fsp3) is 0.125. The van der Waals surface area contributed by atoms with Gasteiger partial charge in [-0.05, 0) is 43.3 Å². The van der Waals surface area contributed by atoms with Gasteiger partial charge in [0.2, 0.25) is 5.91 Å². The van der Waals surface area contributed by atoms with Crippen LogP contribution in [0.15, 0.2) is 78.0 Å². The second kappa shape index (κ2) is 9.65. The summed E-state index contributed by atoms with van der Waals surface area (Å²) in [5.41, 5.74) is 2.87. The van der Waals surface area contributed by atoms with Gasteiger partial charge in [0.1, 0.15) is 11.6 Å². The summed E-state index contributed by atoms with van der Waals surface area (Å²) in [6.07, 6.45) is 0. The second-order valence-corrected chi connectivity index (χ2v) is 7.97. The standard InChI is InChI=1S/C24H21FN4O2S/c1-16-10-12-18(13-11-16)29-23(20-8-3-4-9-21(20)25)27-28-24(29)32-15-22(30)26-17-6-5-7-19(14-17)31-2/h3-14H,15H2,1-2H3,(H,26,30). The predicted molar refractivity (Wildman–Crippen MR) is 124 cm³/mol. The number of carbonyl (C=O) groups is 1. The number of benzene rings is 3. The smallest absolute Gasteiger partial charge is 0.234 e. The van der Waals surface area contributed by atoms with Crippen LogP contribution in [-0.4, -0.2) is 33.5 Å². The van der Waals surface area contributed by atoms with Gasteiger partial charge in [0.25, 0.3) is 0 Å². The van der Waals surface area contributed by atoms with E-state index in [1.54, 1.807) is 54.1 Å². The van der Waals surface area contributed by atoms with E-state index in [9.17, 15) is 9.18 Å². The van der Waals surface area contributed by atoms with E-state index in [0.717, 1.165) is 11.3 Å². The van der Waals surface area contributed by atoms with Crippen LogP contribution in [0.25, 0.3) is 17.1 Å². The molecule has 162 valence electrons. The number of halogens is 1. The van der Waals surface area contributed by atoms with Crippen LogP contribution in [0, 0.1) is 12.7 Å². The number of amides is 1. The predicted octanol–water partition coefficient (Wildman–Crippen LogP) is 5.12. The Morgan fingerprint density at radius 3 is 2.59 bits per heavy atom. The summed E-state index contributed by atoms with van der Waals surface area (Å²) in [6, 6.07) is 21.3. The van der Waals surface area contributed by atoms with E-state index in [-0.39, 0.29) is 17.5 Å². The highest BCUT2D eigenvalue weighted by atomic mass is 32.2. The Balaban J connectivity index is 1.60. The zero-order valence-electron chi connectivity index (χ0n) is 17.6. The Morgan fingerprint density at radius 2 is 1.84 bits per heavy atom. The minimum atomic E-state index is -0.388. The van der Waals surface area contributed by atoms with Crippen molar-refractivity contribution in [2.75, 3.05) is 18.2 Å². The topological polar surface area (TPSA) is 69.0 Å². The summed E-state index contributed by atoms with van der Waals surface area (Å²) in [7, 11) is 1.57.